The number of hydrogen-bond acceptors (Lipinski definition) is 3. The number of carboxylic acid groups (broad SMARTS) is 1. The number of carbonyl (C=O) groups is 1. The molecule has 0 atom stereocenters. The molecular weight excluding hydrogens is 301 g/mol. The first-order chi connectivity index (χ1) is 9.56. The summed E-state index contributed by atoms with van der Waals surface area (Å²) < 4.78 is 5.56. The quantitative estimate of drug-likeness (QED) is 0.757. The zero-order valence-electron chi connectivity index (χ0n) is 9.93. The van der Waals surface area contributed by atoms with E-state index < -0.39 is 5.97 Å². The van der Waals surface area contributed by atoms with E-state index in [9.17, 15) is 4.79 Å². The summed E-state index contributed by atoms with van der Waals surface area (Å²) in [6.45, 7) is 0. The summed E-state index contributed by atoms with van der Waals surface area (Å²) >= 11 is 11.8. The smallest absolute Gasteiger partial charge is 0.338 e. The van der Waals surface area contributed by atoms with Gasteiger partial charge in [-0.1, -0.05) is 29.3 Å². The highest BCUT2D eigenvalue weighted by Crippen LogP contribution is 2.30. The van der Waals surface area contributed by atoms with Gasteiger partial charge in [0, 0.05) is 5.56 Å². The Hall–Kier alpha value is -2.04. The van der Waals surface area contributed by atoms with Gasteiger partial charge in [-0.3, -0.25) is 0 Å². The van der Waals surface area contributed by atoms with Gasteiger partial charge >= 0.3 is 5.97 Å². The third kappa shape index (κ3) is 2.13. The van der Waals surface area contributed by atoms with Gasteiger partial charge in [0.1, 0.15) is 5.52 Å². The van der Waals surface area contributed by atoms with Crippen molar-refractivity contribution < 1.29 is 14.3 Å². The van der Waals surface area contributed by atoms with E-state index in [2.05, 4.69) is 4.98 Å². The number of carboxylic acids is 1. The Morgan fingerprint density at radius 3 is 2.65 bits per heavy atom. The molecule has 1 aromatic heterocycles. The maximum Gasteiger partial charge on any atom is 0.338 e. The van der Waals surface area contributed by atoms with Crippen LogP contribution in [0.3, 0.4) is 0 Å². The van der Waals surface area contributed by atoms with Crippen LogP contribution in [0.2, 0.25) is 10.0 Å². The lowest BCUT2D eigenvalue weighted by atomic mass is 10.2. The number of benzene rings is 2. The molecule has 0 aliphatic rings. The van der Waals surface area contributed by atoms with Crippen LogP contribution in [-0.4, -0.2) is 16.1 Å². The van der Waals surface area contributed by atoms with E-state index in [1.165, 1.54) is 6.07 Å². The van der Waals surface area contributed by atoms with Gasteiger partial charge in [-0.2, -0.15) is 0 Å². The number of aromatic nitrogens is 1. The molecule has 0 aliphatic heterocycles. The van der Waals surface area contributed by atoms with Crippen molar-refractivity contribution >= 4 is 40.3 Å². The Kier molecular flexibility index (Phi) is 3.12. The predicted molar refractivity (Wildman–Crippen MR) is 76.4 cm³/mol. The number of para-hydroxylation sites is 1. The number of fused-ring (bicyclic) bond motifs is 1. The summed E-state index contributed by atoms with van der Waals surface area (Å²) in [5.74, 6) is -0.753. The molecule has 0 amide bonds. The first kappa shape index (κ1) is 13.0. The van der Waals surface area contributed by atoms with Crippen molar-refractivity contribution in [2.75, 3.05) is 0 Å². The van der Waals surface area contributed by atoms with Crippen molar-refractivity contribution in [2.24, 2.45) is 0 Å². The van der Waals surface area contributed by atoms with Crippen molar-refractivity contribution in [3.8, 4) is 11.5 Å². The molecule has 6 heteroatoms. The largest absolute Gasteiger partial charge is 0.478 e. The van der Waals surface area contributed by atoms with E-state index in [0.717, 1.165) is 0 Å². The van der Waals surface area contributed by atoms with Gasteiger partial charge < -0.3 is 9.52 Å². The zero-order valence-corrected chi connectivity index (χ0v) is 11.4. The third-order valence-electron chi connectivity index (χ3n) is 2.82. The van der Waals surface area contributed by atoms with Crippen LogP contribution in [-0.2, 0) is 0 Å². The fourth-order valence-electron chi connectivity index (χ4n) is 1.87. The van der Waals surface area contributed by atoms with Crippen molar-refractivity contribution in [1.82, 2.24) is 4.98 Å². The Bertz CT molecular complexity index is 826. The third-order valence-corrected chi connectivity index (χ3v) is 3.55. The van der Waals surface area contributed by atoms with Gasteiger partial charge in [0.25, 0.3) is 0 Å². The van der Waals surface area contributed by atoms with Crippen molar-refractivity contribution in [2.45, 2.75) is 0 Å². The monoisotopic (exact) mass is 307 g/mol. The van der Waals surface area contributed by atoms with Crippen molar-refractivity contribution in [1.29, 1.82) is 0 Å². The van der Waals surface area contributed by atoms with E-state index in [1.54, 1.807) is 30.3 Å². The number of oxazole rings is 1. The fraction of sp³-hybridized carbons (Fsp3) is 0. The van der Waals surface area contributed by atoms with E-state index >= 15 is 0 Å². The second kappa shape index (κ2) is 4.81. The number of nitrogens with zero attached hydrogens (tertiary/aromatic N) is 1. The summed E-state index contributed by atoms with van der Waals surface area (Å²) in [4.78, 5) is 15.4. The predicted octanol–water partition coefficient (Wildman–Crippen LogP) is 4.50. The first-order valence-electron chi connectivity index (χ1n) is 5.64. The lowest BCUT2D eigenvalue weighted by Crippen LogP contribution is -1.96. The zero-order chi connectivity index (χ0) is 14.3. The normalized spacial score (nSPS) is 10.9. The standard InChI is InChI=1S/C14H7Cl2NO3/c15-9-5-4-7(6-10(9)16)13-17-12-8(14(18)19)2-1-3-11(12)20-13/h1-6H,(H,18,19). The van der Waals surface area contributed by atoms with Crippen LogP contribution in [0, 0.1) is 0 Å². The van der Waals surface area contributed by atoms with Crippen LogP contribution in [0.25, 0.3) is 22.6 Å². The fourth-order valence-corrected chi connectivity index (χ4v) is 2.17. The average Bonchev–Trinajstić information content (AvgIpc) is 2.85. The molecule has 20 heavy (non-hydrogen) atoms. The van der Waals surface area contributed by atoms with Gasteiger partial charge in [0.05, 0.1) is 15.6 Å². The Morgan fingerprint density at radius 1 is 1.15 bits per heavy atom. The maximum absolute atomic E-state index is 11.1. The van der Waals surface area contributed by atoms with E-state index in [0.29, 0.717) is 32.6 Å². The van der Waals surface area contributed by atoms with E-state index in [4.69, 9.17) is 32.7 Å². The summed E-state index contributed by atoms with van der Waals surface area (Å²) in [5.41, 5.74) is 1.44. The second-order valence-electron chi connectivity index (χ2n) is 4.11. The topological polar surface area (TPSA) is 63.3 Å². The van der Waals surface area contributed by atoms with E-state index in [1.807, 2.05) is 0 Å². The molecule has 0 saturated carbocycles. The highest BCUT2D eigenvalue weighted by Gasteiger charge is 2.15. The molecular formula is C14H7Cl2NO3. The Labute approximate surface area is 123 Å². The molecule has 0 unspecified atom stereocenters. The molecule has 0 aliphatic carbocycles. The van der Waals surface area contributed by atoms with Crippen LogP contribution in [0.15, 0.2) is 40.8 Å². The lowest BCUT2D eigenvalue weighted by Gasteiger charge is -1.97. The lowest BCUT2D eigenvalue weighted by molar-refractivity contribution is 0.0699. The van der Waals surface area contributed by atoms with Crippen LogP contribution in [0.5, 0.6) is 0 Å². The molecule has 0 spiro atoms. The van der Waals surface area contributed by atoms with Crippen molar-refractivity contribution in [3.05, 3.63) is 52.0 Å². The minimum absolute atomic E-state index is 0.0950. The summed E-state index contributed by atoms with van der Waals surface area (Å²) in [6, 6.07) is 9.71. The Morgan fingerprint density at radius 2 is 1.95 bits per heavy atom. The molecule has 0 bridgehead atoms. The molecule has 2 aromatic carbocycles. The average molecular weight is 308 g/mol. The maximum atomic E-state index is 11.1. The second-order valence-corrected chi connectivity index (χ2v) is 4.92. The van der Waals surface area contributed by atoms with Gasteiger partial charge in [-0.15, -0.1) is 0 Å². The van der Waals surface area contributed by atoms with Crippen LogP contribution < -0.4 is 0 Å². The van der Waals surface area contributed by atoms with E-state index in [-0.39, 0.29) is 5.56 Å². The number of halogens is 2. The van der Waals surface area contributed by atoms with Crippen LogP contribution >= 0.6 is 23.2 Å². The molecule has 4 nitrogen and oxygen atoms in total. The SMILES string of the molecule is O=C(O)c1cccc2oc(-c3ccc(Cl)c(Cl)c3)nc12. The van der Waals surface area contributed by atoms with Gasteiger partial charge in [-0.25, -0.2) is 9.78 Å². The van der Waals surface area contributed by atoms with Crippen molar-refractivity contribution in [3.63, 3.8) is 0 Å². The number of aromatic carboxylic acids is 1. The molecule has 3 aromatic rings. The highest BCUT2D eigenvalue weighted by molar-refractivity contribution is 6.42. The van der Waals surface area contributed by atoms with Crippen LogP contribution in [0.1, 0.15) is 10.4 Å². The van der Waals surface area contributed by atoms with Gasteiger partial charge in [0.15, 0.2) is 5.58 Å². The molecule has 0 fully saturated rings. The summed E-state index contributed by atoms with van der Waals surface area (Å²) in [7, 11) is 0. The number of rotatable bonds is 2. The van der Waals surface area contributed by atoms with Gasteiger partial charge in [-0.05, 0) is 30.3 Å². The molecule has 3 rings (SSSR count). The minimum atomic E-state index is -1.05. The molecule has 0 radical (unpaired) electrons. The molecule has 100 valence electrons. The molecule has 0 saturated heterocycles. The minimum Gasteiger partial charge on any atom is -0.478 e. The van der Waals surface area contributed by atoms with Crippen LogP contribution in [0.4, 0.5) is 0 Å². The Balaban J connectivity index is 2.20. The first-order valence-corrected chi connectivity index (χ1v) is 6.40. The summed E-state index contributed by atoms with van der Waals surface area (Å²) in [6.07, 6.45) is 0. The van der Waals surface area contributed by atoms with Gasteiger partial charge in [0.2, 0.25) is 5.89 Å². The molecule has 1 heterocycles. The highest BCUT2D eigenvalue weighted by atomic mass is 35.5. The molecule has 1 N–H and O–H groups in total. The number of hydrogen-bond donors (Lipinski definition) is 1. The summed E-state index contributed by atoms with van der Waals surface area (Å²) in [5, 5.41) is 9.93.